The summed E-state index contributed by atoms with van der Waals surface area (Å²) in [7, 11) is 0. The number of amides is 1. The highest BCUT2D eigenvalue weighted by atomic mass is 32.1. The molecule has 1 aromatic heterocycles. The van der Waals surface area contributed by atoms with Crippen LogP contribution in [0, 0.1) is 11.7 Å². The van der Waals surface area contributed by atoms with Crippen molar-refractivity contribution in [3.05, 3.63) is 58.6 Å². The zero-order chi connectivity index (χ0) is 18.5. The maximum atomic E-state index is 14.7. The Balaban J connectivity index is 1.68. The molecular weight excluding hydrogens is 367 g/mol. The second-order valence-electron chi connectivity index (χ2n) is 7.07. The number of hydrogen-bond acceptors (Lipinski definition) is 5. The first kappa shape index (κ1) is 16.6. The zero-order valence-corrected chi connectivity index (χ0v) is 15.2. The molecule has 5 nitrogen and oxygen atoms in total. The Bertz CT molecular complexity index is 956. The van der Waals surface area contributed by atoms with Gasteiger partial charge in [0, 0.05) is 17.1 Å². The number of fused-ring (bicyclic) bond motifs is 1. The van der Waals surface area contributed by atoms with Crippen molar-refractivity contribution < 1.29 is 18.7 Å². The zero-order valence-electron chi connectivity index (χ0n) is 14.4. The summed E-state index contributed by atoms with van der Waals surface area (Å²) in [6.07, 6.45) is 4.79. The monoisotopic (exact) mass is 384 g/mol. The number of thiazole rings is 1. The molecule has 0 bridgehead atoms. The van der Waals surface area contributed by atoms with Gasteiger partial charge in [0.1, 0.15) is 18.0 Å². The first-order valence-electron chi connectivity index (χ1n) is 9.09. The highest BCUT2D eigenvalue weighted by Gasteiger charge is 2.53. The fraction of sp³-hybridized carbons (Fsp3) is 0.350. The Morgan fingerprint density at radius 2 is 2.00 bits per heavy atom. The molecule has 3 heterocycles. The van der Waals surface area contributed by atoms with E-state index in [9.17, 15) is 14.0 Å². The third-order valence-corrected chi connectivity index (χ3v) is 6.36. The lowest BCUT2D eigenvalue weighted by Crippen LogP contribution is -2.39. The second-order valence-corrected chi connectivity index (χ2v) is 7.94. The fourth-order valence-electron chi connectivity index (χ4n) is 4.37. The Morgan fingerprint density at radius 1 is 1.19 bits per heavy atom. The van der Waals surface area contributed by atoms with Gasteiger partial charge in [-0.15, -0.1) is 11.3 Å². The lowest BCUT2D eigenvalue weighted by molar-refractivity contribution is -0.131. The molecule has 5 rings (SSSR count). The van der Waals surface area contributed by atoms with Gasteiger partial charge >= 0.3 is 0 Å². The summed E-state index contributed by atoms with van der Waals surface area (Å²) in [5, 5.41) is 2.18. The molecule has 27 heavy (non-hydrogen) atoms. The summed E-state index contributed by atoms with van der Waals surface area (Å²) >= 11 is 1.28. The highest BCUT2D eigenvalue weighted by Crippen LogP contribution is 2.48. The highest BCUT2D eigenvalue weighted by molar-refractivity contribution is 7.13. The number of Topliss-reactive ketones (excluding diaryl/α,β-unsaturated/α-hetero) is 1. The van der Waals surface area contributed by atoms with Gasteiger partial charge < -0.3 is 4.74 Å². The van der Waals surface area contributed by atoms with Crippen molar-refractivity contribution in [1.82, 2.24) is 4.98 Å². The van der Waals surface area contributed by atoms with Crippen LogP contribution in [0.4, 0.5) is 9.52 Å². The number of hydrogen-bond donors (Lipinski definition) is 0. The summed E-state index contributed by atoms with van der Waals surface area (Å²) in [5.74, 6) is -1.13. The maximum Gasteiger partial charge on any atom is 0.296 e. The minimum Gasteiger partial charge on any atom is -0.483 e. The Hall–Kier alpha value is -2.54. The molecule has 1 aromatic carbocycles. The standard InChI is InChI=1S/C20H17FN2O3S/c21-13-7-3-1-5-11(13)16-15-17(24)12-6-2-4-8-14(12)26-18(15)19(25)23(16)20-22-9-10-27-20/h1,3,5,7,9-10,12,14,16H,2,4,6,8H2. The van der Waals surface area contributed by atoms with Crippen LogP contribution in [0.5, 0.6) is 0 Å². The van der Waals surface area contributed by atoms with Crippen LogP contribution in [0.1, 0.15) is 37.3 Å². The molecule has 0 radical (unpaired) electrons. The van der Waals surface area contributed by atoms with Crippen LogP contribution in [-0.2, 0) is 14.3 Å². The molecule has 0 N–H and O–H groups in total. The number of carbonyl (C=O) groups is 2. The van der Waals surface area contributed by atoms with Crippen molar-refractivity contribution in [3.63, 3.8) is 0 Å². The molecule has 2 aromatic rings. The lowest BCUT2D eigenvalue weighted by Gasteiger charge is -2.35. The third-order valence-electron chi connectivity index (χ3n) is 5.59. The predicted octanol–water partition coefficient (Wildman–Crippen LogP) is 3.78. The van der Waals surface area contributed by atoms with E-state index in [0.29, 0.717) is 5.13 Å². The van der Waals surface area contributed by atoms with Gasteiger partial charge in [-0.25, -0.2) is 9.37 Å². The van der Waals surface area contributed by atoms with E-state index in [-0.39, 0.29) is 34.7 Å². The van der Waals surface area contributed by atoms with E-state index in [0.717, 1.165) is 25.7 Å². The minimum atomic E-state index is -0.838. The van der Waals surface area contributed by atoms with Gasteiger partial charge in [0.2, 0.25) is 0 Å². The summed E-state index contributed by atoms with van der Waals surface area (Å²) in [5.41, 5.74) is 0.570. The van der Waals surface area contributed by atoms with E-state index < -0.39 is 17.8 Å². The molecule has 3 aliphatic rings. The van der Waals surface area contributed by atoms with E-state index in [1.165, 1.54) is 22.3 Å². The molecule has 138 valence electrons. The number of ketones is 1. The van der Waals surface area contributed by atoms with Gasteiger partial charge in [-0.3, -0.25) is 14.5 Å². The van der Waals surface area contributed by atoms with E-state index in [2.05, 4.69) is 4.98 Å². The minimum absolute atomic E-state index is 0.0756. The van der Waals surface area contributed by atoms with Crippen molar-refractivity contribution >= 4 is 28.2 Å². The normalized spacial score (nSPS) is 27.4. The van der Waals surface area contributed by atoms with E-state index in [4.69, 9.17) is 4.74 Å². The molecular formula is C20H17FN2O3S. The first-order chi connectivity index (χ1) is 13.2. The summed E-state index contributed by atoms with van der Waals surface area (Å²) in [4.78, 5) is 32.2. The number of nitrogens with zero attached hydrogens (tertiary/aromatic N) is 2. The van der Waals surface area contributed by atoms with Crippen LogP contribution in [0.15, 0.2) is 47.2 Å². The fourth-order valence-corrected chi connectivity index (χ4v) is 5.04. The number of rotatable bonds is 2. The van der Waals surface area contributed by atoms with Crippen LogP contribution < -0.4 is 4.90 Å². The molecule has 1 fully saturated rings. The second kappa shape index (κ2) is 6.27. The Kier molecular flexibility index (Phi) is 3.86. The van der Waals surface area contributed by atoms with Crippen LogP contribution in [0.25, 0.3) is 0 Å². The summed E-state index contributed by atoms with van der Waals surface area (Å²) in [6.45, 7) is 0. The number of carbonyl (C=O) groups excluding carboxylic acids is 2. The summed E-state index contributed by atoms with van der Waals surface area (Å²) < 4.78 is 20.7. The average Bonchev–Trinajstić information content (AvgIpc) is 3.29. The van der Waals surface area contributed by atoms with Crippen molar-refractivity contribution in [2.45, 2.75) is 37.8 Å². The van der Waals surface area contributed by atoms with E-state index in [1.54, 1.807) is 29.8 Å². The molecule has 1 saturated carbocycles. The van der Waals surface area contributed by atoms with Crippen molar-refractivity contribution in [3.8, 4) is 0 Å². The van der Waals surface area contributed by atoms with E-state index in [1.807, 2.05) is 0 Å². The molecule has 1 amide bonds. The molecule has 1 aliphatic carbocycles. The maximum absolute atomic E-state index is 14.7. The SMILES string of the molecule is O=C1C2=C(OC3CCCCC13)C(=O)N(c1nccs1)C2c1ccccc1F. The van der Waals surface area contributed by atoms with Gasteiger partial charge in [-0.1, -0.05) is 24.6 Å². The van der Waals surface area contributed by atoms with Crippen LogP contribution >= 0.6 is 11.3 Å². The molecule has 7 heteroatoms. The number of benzene rings is 1. The van der Waals surface area contributed by atoms with Gasteiger partial charge in [0.25, 0.3) is 5.91 Å². The quantitative estimate of drug-likeness (QED) is 0.791. The van der Waals surface area contributed by atoms with Gasteiger partial charge in [-0.05, 0) is 25.3 Å². The Labute approximate surface area is 159 Å². The number of anilines is 1. The van der Waals surface area contributed by atoms with Gasteiger partial charge in [0.05, 0.1) is 11.5 Å². The largest absolute Gasteiger partial charge is 0.483 e. The lowest BCUT2D eigenvalue weighted by atomic mass is 9.77. The summed E-state index contributed by atoms with van der Waals surface area (Å²) in [6, 6.07) is 5.42. The van der Waals surface area contributed by atoms with Crippen LogP contribution in [0.3, 0.4) is 0 Å². The number of halogens is 1. The molecule has 2 aliphatic heterocycles. The first-order valence-corrected chi connectivity index (χ1v) is 9.97. The third kappa shape index (κ3) is 2.45. The number of aromatic nitrogens is 1. The molecule has 3 atom stereocenters. The van der Waals surface area contributed by atoms with Crippen LogP contribution in [-0.4, -0.2) is 22.8 Å². The van der Waals surface area contributed by atoms with Crippen molar-refractivity contribution in [2.24, 2.45) is 5.92 Å². The molecule has 0 saturated heterocycles. The topological polar surface area (TPSA) is 59.5 Å². The average molecular weight is 384 g/mol. The van der Waals surface area contributed by atoms with Crippen molar-refractivity contribution in [2.75, 3.05) is 4.90 Å². The Morgan fingerprint density at radius 3 is 2.78 bits per heavy atom. The van der Waals surface area contributed by atoms with Gasteiger partial charge in [-0.2, -0.15) is 0 Å². The molecule has 0 spiro atoms. The number of ether oxygens (including phenoxy) is 1. The van der Waals surface area contributed by atoms with Crippen LogP contribution in [0.2, 0.25) is 0 Å². The van der Waals surface area contributed by atoms with E-state index >= 15 is 0 Å². The smallest absolute Gasteiger partial charge is 0.296 e. The molecule has 3 unspecified atom stereocenters. The predicted molar refractivity (Wildman–Crippen MR) is 97.6 cm³/mol. The van der Waals surface area contributed by atoms with Gasteiger partial charge in [0.15, 0.2) is 16.7 Å². The van der Waals surface area contributed by atoms with Crippen molar-refractivity contribution in [1.29, 1.82) is 0 Å².